The fourth-order valence-corrected chi connectivity index (χ4v) is 4.13. The second-order valence-corrected chi connectivity index (χ2v) is 7.89. The fraction of sp³-hybridized carbons (Fsp3) is 0.375. The van der Waals surface area contributed by atoms with Crippen molar-refractivity contribution in [3.05, 3.63) is 59.7 Å². The summed E-state index contributed by atoms with van der Waals surface area (Å²) in [6.45, 7) is 1.17. The first-order valence-electron chi connectivity index (χ1n) is 10.9. The SMILES string of the molecule is O=C(O)CC(NC(=O)OCC1c2ccccc2-c2ccccc21)C(=O)NCC1OCCCO1. The van der Waals surface area contributed by atoms with E-state index in [2.05, 4.69) is 10.6 Å². The molecule has 9 heteroatoms. The van der Waals surface area contributed by atoms with Gasteiger partial charge in [-0.05, 0) is 28.7 Å². The molecule has 0 saturated carbocycles. The number of alkyl carbamates (subject to hydrolysis) is 1. The van der Waals surface area contributed by atoms with E-state index in [4.69, 9.17) is 19.3 Å². The minimum absolute atomic E-state index is 0.0569. The number of ether oxygens (including phenoxy) is 3. The van der Waals surface area contributed by atoms with E-state index >= 15 is 0 Å². The van der Waals surface area contributed by atoms with Gasteiger partial charge in [0.1, 0.15) is 12.6 Å². The highest BCUT2D eigenvalue weighted by Crippen LogP contribution is 2.44. The molecule has 2 aromatic carbocycles. The van der Waals surface area contributed by atoms with Crippen molar-refractivity contribution in [3.63, 3.8) is 0 Å². The molecule has 0 aromatic heterocycles. The maximum absolute atomic E-state index is 12.5. The summed E-state index contributed by atoms with van der Waals surface area (Å²) in [5, 5.41) is 14.1. The van der Waals surface area contributed by atoms with E-state index in [1.807, 2.05) is 48.5 Å². The molecular weight excluding hydrogens is 428 g/mol. The highest BCUT2D eigenvalue weighted by Gasteiger charge is 2.30. The lowest BCUT2D eigenvalue weighted by Crippen LogP contribution is -2.50. The molecule has 174 valence electrons. The van der Waals surface area contributed by atoms with Gasteiger partial charge in [-0.15, -0.1) is 0 Å². The van der Waals surface area contributed by atoms with E-state index in [-0.39, 0.29) is 19.1 Å². The van der Waals surface area contributed by atoms with Gasteiger partial charge in [0.05, 0.1) is 26.2 Å². The van der Waals surface area contributed by atoms with Crippen LogP contribution in [0.15, 0.2) is 48.5 Å². The van der Waals surface area contributed by atoms with Crippen molar-refractivity contribution in [2.75, 3.05) is 26.4 Å². The number of rotatable bonds is 8. The van der Waals surface area contributed by atoms with Gasteiger partial charge in [0.25, 0.3) is 0 Å². The zero-order chi connectivity index (χ0) is 23.2. The molecule has 1 fully saturated rings. The maximum atomic E-state index is 12.5. The minimum Gasteiger partial charge on any atom is -0.481 e. The Balaban J connectivity index is 1.35. The van der Waals surface area contributed by atoms with Gasteiger partial charge in [0.15, 0.2) is 6.29 Å². The molecule has 2 aliphatic rings. The molecule has 0 spiro atoms. The second-order valence-electron chi connectivity index (χ2n) is 7.89. The molecule has 2 amide bonds. The Hall–Kier alpha value is -3.43. The lowest BCUT2D eigenvalue weighted by atomic mass is 9.98. The van der Waals surface area contributed by atoms with Crippen molar-refractivity contribution in [3.8, 4) is 11.1 Å². The Morgan fingerprint density at radius 3 is 2.21 bits per heavy atom. The van der Waals surface area contributed by atoms with Gasteiger partial charge < -0.3 is 30.0 Å². The third kappa shape index (κ3) is 5.50. The summed E-state index contributed by atoms with van der Waals surface area (Å²) in [7, 11) is 0. The van der Waals surface area contributed by atoms with Gasteiger partial charge in [0.2, 0.25) is 5.91 Å². The molecule has 0 radical (unpaired) electrons. The summed E-state index contributed by atoms with van der Waals surface area (Å²) >= 11 is 0. The number of fused-ring (bicyclic) bond motifs is 3. The van der Waals surface area contributed by atoms with Crippen LogP contribution in [0.25, 0.3) is 11.1 Å². The first-order chi connectivity index (χ1) is 16.0. The molecule has 1 atom stereocenters. The smallest absolute Gasteiger partial charge is 0.407 e. The van der Waals surface area contributed by atoms with E-state index in [0.29, 0.717) is 13.2 Å². The Morgan fingerprint density at radius 2 is 1.61 bits per heavy atom. The molecule has 2 aromatic rings. The number of carbonyl (C=O) groups is 3. The van der Waals surface area contributed by atoms with Crippen LogP contribution in [0.1, 0.15) is 29.9 Å². The normalized spacial score (nSPS) is 16.4. The average Bonchev–Trinajstić information content (AvgIpc) is 3.15. The quantitative estimate of drug-likeness (QED) is 0.559. The molecule has 33 heavy (non-hydrogen) atoms. The van der Waals surface area contributed by atoms with Crippen LogP contribution in [-0.2, 0) is 23.8 Å². The van der Waals surface area contributed by atoms with Gasteiger partial charge in [0, 0.05) is 5.92 Å². The van der Waals surface area contributed by atoms with E-state index in [1.165, 1.54) is 0 Å². The van der Waals surface area contributed by atoms with Gasteiger partial charge in [-0.1, -0.05) is 48.5 Å². The largest absolute Gasteiger partial charge is 0.481 e. The predicted octanol–water partition coefficient (Wildman–Crippen LogP) is 2.25. The maximum Gasteiger partial charge on any atom is 0.407 e. The van der Waals surface area contributed by atoms with Crippen molar-refractivity contribution in [1.29, 1.82) is 0 Å². The molecule has 0 bridgehead atoms. The van der Waals surface area contributed by atoms with Crippen molar-refractivity contribution in [2.45, 2.75) is 31.1 Å². The molecular formula is C24H26N2O7. The highest BCUT2D eigenvalue weighted by molar-refractivity contribution is 5.89. The molecule has 3 N–H and O–H groups in total. The number of hydrogen-bond acceptors (Lipinski definition) is 6. The van der Waals surface area contributed by atoms with Crippen LogP contribution < -0.4 is 10.6 Å². The highest BCUT2D eigenvalue weighted by atomic mass is 16.7. The summed E-state index contributed by atoms with van der Waals surface area (Å²) in [5.74, 6) is -2.02. The Kier molecular flexibility index (Phi) is 7.21. The number of aliphatic carboxylic acids is 1. The zero-order valence-electron chi connectivity index (χ0n) is 18.0. The minimum atomic E-state index is -1.29. The van der Waals surface area contributed by atoms with Gasteiger partial charge >= 0.3 is 12.1 Å². The standard InChI is InChI=1S/C24H26N2O7/c27-21(28)12-20(23(29)25-13-22-31-10-5-11-32-22)26-24(30)33-14-19-17-8-3-1-6-15(17)16-7-2-4-9-18(16)19/h1-4,6-9,19-20,22H,5,10-14H2,(H,25,29)(H,26,30)(H,27,28). The van der Waals surface area contributed by atoms with Crippen LogP contribution >= 0.6 is 0 Å². The summed E-state index contributed by atoms with van der Waals surface area (Å²) in [6.07, 6.45) is -1.26. The number of hydrogen-bond donors (Lipinski definition) is 3. The van der Waals surface area contributed by atoms with Gasteiger partial charge in [-0.2, -0.15) is 0 Å². The molecule has 9 nitrogen and oxygen atoms in total. The lowest BCUT2D eigenvalue weighted by Gasteiger charge is -2.24. The summed E-state index contributed by atoms with van der Waals surface area (Å²) in [6, 6.07) is 14.6. The Labute approximate surface area is 191 Å². The monoisotopic (exact) mass is 454 g/mol. The molecule has 1 unspecified atom stereocenters. The third-order valence-electron chi connectivity index (χ3n) is 5.67. The number of benzene rings is 2. The molecule has 1 saturated heterocycles. The van der Waals surface area contributed by atoms with Crippen LogP contribution in [0.2, 0.25) is 0 Å². The lowest BCUT2D eigenvalue weighted by molar-refractivity contribution is -0.176. The summed E-state index contributed by atoms with van der Waals surface area (Å²) in [4.78, 5) is 36.2. The molecule has 1 aliphatic carbocycles. The average molecular weight is 454 g/mol. The van der Waals surface area contributed by atoms with E-state index in [0.717, 1.165) is 28.7 Å². The summed E-state index contributed by atoms with van der Waals surface area (Å²) in [5.41, 5.74) is 4.30. The van der Waals surface area contributed by atoms with Crippen LogP contribution in [-0.4, -0.2) is 61.8 Å². The zero-order valence-corrected chi connectivity index (χ0v) is 18.0. The Morgan fingerprint density at radius 1 is 1.00 bits per heavy atom. The van der Waals surface area contributed by atoms with Crippen LogP contribution in [0.3, 0.4) is 0 Å². The van der Waals surface area contributed by atoms with E-state index in [1.54, 1.807) is 0 Å². The number of carboxylic acids is 1. The summed E-state index contributed by atoms with van der Waals surface area (Å²) < 4.78 is 16.1. The number of carboxylic acid groups (broad SMARTS) is 1. The Bertz CT molecular complexity index is 974. The van der Waals surface area contributed by atoms with Gasteiger partial charge in [-0.3, -0.25) is 9.59 Å². The first-order valence-corrected chi connectivity index (χ1v) is 10.9. The second kappa shape index (κ2) is 10.5. The molecule has 4 rings (SSSR count). The number of nitrogens with one attached hydrogen (secondary N) is 2. The number of carbonyl (C=O) groups excluding carboxylic acids is 2. The van der Waals surface area contributed by atoms with Gasteiger partial charge in [-0.25, -0.2) is 4.79 Å². The van der Waals surface area contributed by atoms with Crippen LogP contribution in [0.5, 0.6) is 0 Å². The third-order valence-corrected chi connectivity index (χ3v) is 5.67. The van der Waals surface area contributed by atoms with Crippen molar-refractivity contribution < 1.29 is 33.7 Å². The van der Waals surface area contributed by atoms with Crippen LogP contribution in [0.4, 0.5) is 4.79 Å². The van der Waals surface area contributed by atoms with Crippen LogP contribution in [0, 0.1) is 0 Å². The van der Waals surface area contributed by atoms with Crippen molar-refractivity contribution in [1.82, 2.24) is 10.6 Å². The topological polar surface area (TPSA) is 123 Å². The van der Waals surface area contributed by atoms with E-state index in [9.17, 15) is 14.4 Å². The number of amides is 2. The van der Waals surface area contributed by atoms with Crippen molar-refractivity contribution >= 4 is 18.0 Å². The predicted molar refractivity (Wildman–Crippen MR) is 118 cm³/mol. The molecule has 1 heterocycles. The fourth-order valence-electron chi connectivity index (χ4n) is 4.13. The van der Waals surface area contributed by atoms with Crippen molar-refractivity contribution in [2.24, 2.45) is 0 Å². The van der Waals surface area contributed by atoms with E-state index < -0.39 is 36.7 Å². The first kappa shape index (κ1) is 22.8. The molecule has 1 aliphatic heterocycles.